The summed E-state index contributed by atoms with van der Waals surface area (Å²) in [5.74, 6) is 0.151. The number of hydrogen-bond donors (Lipinski definition) is 0. The van der Waals surface area contributed by atoms with Crippen molar-refractivity contribution in [3.63, 3.8) is 0 Å². The first-order valence-electron chi connectivity index (χ1n) is 11.2. The second kappa shape index (κ2) is 12.2. The molecule has 33 heavy (non-hydrogen) atoms. The molecule has 0 saturated heterocycles. The number of anilines is 1. The van der Waals surface area contributed by atoms with Gasteiger partial charge in [0, 0.05) is 41.0 Å². The fourth-order valence-electron chi connectivity index (χ4n) is 3.51. The Morgan fingerprint density at radius 1 is 0.485 bits per heavy atom. The molecule has 0 atom stereocenters. The van der Waals surface area contributed by atoms with Gasteiger partial charge in [-0.25, -0.2) is 0 Å². The van der Waals surface area contributed by atoms with Gasteiger partial charge in [0.1, 0.15) is 0 Å². The first-order valence-corrected chi connectivity index (χ1v) is 11.2. The molecule has 3 heteroatoms. The summed E-state index contributed by atoms with van der Waals surface area (Å²) in [7, 11) is 0. The predicted molar refractivity (Wildman–Crippen MR) is 136 cm³/mol. The van der Waals surface area contributed by atoms with Gasteiger partial charge in [-0.3, -0.25) is 9.59 Å². The van der Waals surface area contributed by atoms with Crippen molar-refractivity contribution in [1.29, 1.82) is 0 Å². The standard InChI is InChI=1S/C17H19NO.C13H10O/c1-3-18(4-2)16-12-10-15(11-13-16)17(19)14-8-6-5-7-9-14;14-13(11-7-3-1-4-8-11)12-9-5-2-6-10-12/h5-13H,3-4H2,1-2H3;1-10H. The van der Waals surface area contributed by atoms with Gasteiger partial charge < -0.3 is 4.90 Å². The lowest BCUT2D eigenvalue weighted by atomic mass is 10.0. The monoisotopic (exact) mass is 435 g/mol. The highest BCUT2D eigenvalue weighted by Crippen LogP contribution is 2.17. The van der Waals surface area contributed by atoms with Crippen molar-refractivity contribution in [2.75, 3.05) is 18.0 Å². The van der Waals surface area contributed by atoms with Crippen LogP contribution < -0.4 is 4.90 Å². The van der Waals surface area contributed by atoms with E-state index in [1.54, 1.807) is 0 Å². The zero-order chi connectivity index (χ0) is 23.5. The lowest BCUT2D eigenvalue weighted by Gasteiger charge is -2.21. The van der Waals surface area contributed by atoms with Crippen molar-refractivity contribution in [3.8, 4) is 0 Å². The molecule has 4 aromatic carbocycles. The van der Waals surface area contributed by atoms with Crippen molar-refractivity contribution >= 4 is 17.3 Å². The first kappa shape index (κ1) is 23.7. The summed E-state index contributed by atoms with van der Waals surface area (Å²) in [6.45, 7) is 6.21. The van der Waals surface area contributed by atoms with Crippen LogP contribution in [0, 0.1) is 0 Å². The summed E-state index contributed by atoms with van der Waals surface area (Å²) in [6.07, 6.45) is 0. The minimum atomic E-state index is 0.0752. The SMILES string of the molecule is CCN(CC)c1ccc(C(=O)c2ccccc2)cc1.O=C(c1ccccc1)c1ccccc1. The van der Waals surface area contributed by atoms with Crippen LogP contribution in [0.1, 0.15) is 45.7 Å². The van der Waals surface area contributed by atoms with E-state index >= 15 is 0 Å². The molecule has 0 saturated carbocycles. The normalized spacial score (nSPS) is 10.0. The number of hydrogen-bond acceptors (Lipinski definition) is 3. The van der Waals surface area contributed by atoms with Gasteiger partial charge in [0.15, 0.2) is 11.6 Å². The summed E-state index contributed by atoms with van der Waals surface area (Å²) < 4.78 is 0. The summed E-state index contributed by atoms with van der Waals surface area (Å²) in [5.41, 5.74) is 4.10. The summed E-state index contributed by atoms with van der Waals surface area (Å²) in [4.78, 5) is 26.4. The van der Waals surface area contributed by atoms with Crippen LogP contribution in [0.2, 0.25) is 0 Å². The fraction of sp³-hybridized carbons (Fsp3) is 0.133. The minimum Gasteiger partial charge on any atom is -0.372 e. The minimum absolute atomic E-state index is 0.0752. The molecule has 0 aromatic heterocycles. The molecular weight excluding hydrogens is 406 g/mol. The van der Waals surface area contributed by atoms with Crippen LogP contribution in [0.15, 0.2) is 115 Å². The van der Waals surface area contributed by atoms with Gasteiger partial charge in [-0.1, -0.05) is 91.0 Å². The lowest BCUT2D eigenvalue weighted by Crippen LogP contribution is -2.21. The van der Waals surface area contributed by atoms with E-state index in [1.807, 2.05) is 115 Å². The molecule has 0 fully saturated rings. The van der Waals surface area contributed by atoms with Crippen LogP contribution >= 0.6 is 0 Å². The topological polar surface area (TPSA) is 37.4 Å². The molecule has 0 heterocycles. The van der Waals surface area contributed by atoms with Gasteiger partial charge in [-0.15, -0.1) is 0 Å². The van der Waals surface area contributed by atoms with Gasteiger partial charge >= 0.3 is 0 Å². The molecule has 0 unspecified atom stereocenters. The van der Waals surface area contributed by atoms with Crippen molar-refractivity contribution in [1.82, 2.24) is 0 Å². The molecule has 4 aromatic rings. The van der Waals surface area contributed by atoms with E-state index in [9.17, 15) is 9.59 Å². The third kappa shape index (κ3) is 6.50. The van der Waals surface area contributed by atoms with Gasteiger partial charge in [-0.05, 0) is 38.1 Å². The maximum Gasteiger partial charge on any atom is 0.193 e. The van der Waals surface area contributed by atoms with E-state index in [0.29, 0.717) is 0 Å². The van der Waals surface area contributed by atoms with E-state index < -0.39 is 0 Å². The van der Waals surface area contributed by atoms with Gasteiger partial charge in [0.05, 0.1) is 0 Å². The smallest absolute Gasteiger partial charge is 0.193 e. The summed E-state index contributed by atoms with van der Waals surface area (Å²) >= 11 is 0. The van der Waals surface area contributed by atoms with E-state index in [1.165, 1.54) is 0 Å². The van der Waals surface area contributed by atoms with Gasteiger partial charge in [0.2, 0.25) is 0 Å². The zero-order valence-corrected chi connectivity index (χ0v) is 19.1. The third-order valence-electron chi connectivity index (χ3n) is 5.37. The van der Waals surface area contributed by atoms with Crippen LogP contribution in [-0.2, 0) is 0 Å². The Labute approximate surface area is 196 Å². The van der Waals surface area contributed by atoms with E-state index in [-0.39, 0.29) is 11.6 Å². The molecule has 0 bridgehead atoms. The highest BCUT2D eigenvalue weighted by atomic mass is 16.1. The van der Waals surface area contributed by atoms with Crippen molar-refractivity contribution in [2.45, 2.75) is 13.8 Å². The highest BCUT2D eigenvalue weighted by molar-refractivity contribution is 6.09. The molecular formula is C30H29NO2. The summed E-state index contributed by atoms with van der Waals surface area (Å²) in [5, 5.41) is 0. The largest absolute Gasteiger partial charge is 0.372 e. The Kier molecular flexibility index (Phi) is 8.72. The Morgan fingerprint density at radius 2 is 0.788 bits per heavy atom. The second-order valence-electron chi connectivity index (χ2n) is 7.48. The molecule has 0 spiro atoms. The Bertz CT molecular complexity index is 1090. The van der Waals surface area contributed by atoms with Crippen molar-refractivity contribution < 1.29 is 9.59 Å². The second-order valence-corrected chi connectivity index (χ2v) is 7.48. The average Bonchev–Trinajstić information content (AvgIpc) is 2.91. The van der Waals surface area contributed by atoms with Crippen molar-refractivity contribution in [3.05, 3.63) is 138 Å². The molecule has 0 radical (unpaired) electrons. The van der Waals surface area contributed by atoms with E-state index in [2.05, 4.69) is 18.7 Å². The molecule has 0 aliphatic carbocycles. The van der Waals surface area contributed by atoms with E-state index in [0.717, 1.165) is 41.0 Å². The Hall–Kier alpha value is -3.98. The van der Waals surface area contributed by atoms with Gasteiger partial charge in [-0.2, -0.15) is 0 Å². The average molecular weight is 436 g/mol. The number of carbonyl (C=O) groups excluding carboxylic acids is 2. The number of carbonyl (C=O) groups is 2. The fourth-order valence-corrected chi connectivity index (χ4v) is 3.51. The van der Waals surface area contributed by atoms with Crippen LogP contribution in [0.5, 0.6) is 0 Å². The maximum atomic E-state index is 12.3. The molecule has 0 aliphatic rings. The zero-order valence-electron chi connectivity index (χ0n) is 19.1. The van der Waals surface area contributed by atoms with Gasteiger partial charge in [0.25, 0.3) is 0 Å². The first-order chi connectivity index (χ1) is 16.1. The molecule has 166 valence electrons. The number of benzene rings is 4. The van der Waals surface area contributed by atoms with E-state index in [4.69, 9.17) is 0 Å². The number of ketones is 2. The molecule has 4 rings (SSSR count). The molecule has 0 amide bonds. The molecule has 3 nitrogen and oxygen atoms in total. The highest BCUT2D eigenvalue weighted by Gasteiger charge is 2.09. The van der Waals surface area contributed by atoms with Crippen LogP contribution in [-0.4, -0.2) is 24.7 Å². The Morgan fingerprint density at radius 3 is 1.09 bits per heavy atom. The number of rotatable bonds is 7. The quantitative estimate of drug-likeness (QED) is 0.304. The maximum absolute atomic E-state index is 12.3. The van der Waals surface area contributed by atoms with Crippen LogP contribution in [0.3, 0.4) is 0 Å². The van der Waals surface area contributed by atoms with Crippen LogP contribution in [0.25, 0.3) is 0 Å². The predicted octanol–water partition coefficient (Wildman–Crippen LogP) is 6.68. The van der Waals surface area contributed by atoms with Crippen LogP contribution in [0.4, 0.5) is 5.69 Å². The lowest BCUT2D eigenvalue weighted by molar-refractivity contribution is 0.103. The molecule has 0 aliphatic heterocycles. The molecule has 0 N–H and O–H groups in total. The third-order valence-corrected chi connectivity index (χ3v) is 5.37. The Balaban J connectivity index is 0.000000194. The number of nitrogens with zero attached hydrogens (tertiary/aromatic N) is 1. The summed E-state index contributed by atoms with van der Waals surface area (Å²) in [6, 6.07) is 35.8. The van der Waals surface area contributed by atoms with Crippen molar-refractivity contribution in [2.24, 2.45) is 0 Å².